The van der Waals surface area contributed by atoms with E-state index in [0.717, 1.165) is 0 Å². The summed E-state index contributed by atoms with van der Waals surface area (Å²) in [7, 11) is 0. The molecule has 0 aliphatic rings. The molecule has 0 unspecified atom stereocenters. The lowest BCUT2D eigenvalue weighted by atomic mass is 9.74. The summed E-state index contributed by atoms with van der Waals surface area (Å²) in [6.07, 6.45) is -4.51. The van der Waals surface area contributed by atoms with Crippen LogP contribution in [0.1, 0.15) is 27.7 Å². The Labute approximate surface area is 103 Å². The number of carboxylic acid groups (broad SMARTS) is 1. The second-order valence-corrected chi connectivity index (χ2v) is 4.98. The molecule has 5 nitrogen and oxygen atoms in total. The van der Waals surface area contributed by atoms with E-state index in [2.05, 4.69) is 5.32 Å². The van der Waals surface area contributed by atoms with Crippen LogP contribution in [0.4, 0.5) is 18.0 Å². The fourth-order valence-corrected chi connectivity index (χ4v) is 0.932. The van der Waals surface area contributed by atoms with Gasteiger partial charge in [-0.25, -0.2) is 4.79 Å². The van der Waals surface area contributed by atoms with Gasteiger partial charge in [-0.3, -0.25) is 4.79 Å². The molecule has 2 amide bonds. The van der Waals surface area contributed by atoms with Gasteiger partial charge in [0.2, 0.25) is 0 Å². The van der Waals surface area contributed by atoms with Crippen molar-refractivity contribution in [3.63, 3.8) is 0 Å². The van der Waals surface area contributed by atoms with Crippen LogP contribution < -0.4 is 10.6 Å². The highest BCUT2D eigenvalue weighted by Gasteiger charge is 2.44. The van der Waals surface area contributed by atoms with Crippen molar-refractivity contribution in [2.24, 2.45) is 5.41 Å². The van der Waals surface area contributed by atoms with E-state index < -0.39 is 35.7 Å². The molecule has 18 heavy (non-hydrogen) atoms. The molecule has 0 saturated carbocycles. The van der Waals surface area contributed by atoms with Crippen molar-refractivity contribution in [3.05, 3.63) is 0 Å². The van der Waals surface area contributed by atoms with Crippen molar-refractivity contribution < 1.29 is 27.9 Å². The number of amides is 2. The van der Waals surface area contributed by atoms with Crippen LogP contribution in [0.25, 0.3) is 0 Å². The first kappa shape index (κ1) is 16.5. The third-order valence-corrected chi connectivity index (χ3v) is 2.97. The Bertz CT molecular complexity index is 338. The number of aliphatic carboxylic acids is 1. The van der Waals surface area contributed by atoms with Gasteiger partial charge < -0.3 is 15.7 Å². The first-order chi connectivity index (χ1) is 7.79. The Morgan fingerprint density at radius 2 is 1.56 bits per heavy atom. The first-order valence-electron chi connectivity index (χ1n) is 5.16. The lowest BCUT2D eigenvalue weighted by molar-refractivity contribution is -0.150. The molecule has 0 aromatic rings. The molecule has 0 radical (unpaired) electrons. The van der Waals surface area contributed by atoms with Crippen molar-refractivity contribution in [2.75, 3.05) is 6.54 Å². The second kappa shape index (κ2) is 5.03. The third kappa shape index (κ3) is 4.42. The van der Waals surface area contributed by atoms with Gasteiger partial charge in [0, 0.05) is 0 Å². The van der Waals surface area contributed by atoms with Crippen molar-refractivity contribution in [2.45, 2.75) is 39.4 Å². The average Bonchev–Trinajstić information content (AvgIpc) is 2.12. The van der Waals surface area contributed by atoms with E-state index in [1.54, 1.807) is 5.32 Å². The van der Waals surface area contributed by atoms with E-state index in [9.17, 15) is 22.8 Å². The van der Waals surface area contributed by atoms with Crippen LogP contribution in [0, 0.1) is 5.41 Å². The van der Waals surface area contributed by atoms with Gasteiger partial charge in [-0.1, -0.05) is 0 Å². The molecule has 0 aromatic carbocycles. The summed E-state index contributed by atoms with van der Waals surface area (Å²) in [5, 5.41) is 12.8. The van der Waals surface area contributed by atoms with E-state index in [4.69, 9.17) is 5.11 Å². The predicted octanol–water partition coefficient (Wildman–Crippen LogP) is 1.74. The fraction of sp³-hybridized carbons (Fsp3) is 0.800. The van der Waals surface area contributed by atoms with Gasteiger partial charge in [-0.2, -0.15) is 13.2 Å². The van der Waals surface area contributed by atoms with Crippen molar-refractivity contribution in [1.82, 2.24) is 10.6 Å². The lowest BCUT2D eigenvalue weighted by Crippen LogP contribution is -2.59. The number of hydrogen-bond donors (Lipinski definition) is 3. The molecule has 0 bridgehead atoms. The average molecular weight is 270 g/mol. The van der Waals surface area contributed by atoms with Gasteiger partial charge in [0.1, 0.15) is 6.54 Å². The molecule has 0 aromatic heterocycles. The topological polar surface area (TPSA) is 78.4 Å². The van der Waals surface area contributed by atoms with Gasteiger partial charge in [-0.05, 0) is 27.7 Å². The maximum absolute atomic E-state index is 11.9. The summed E-state index contributed by atoms with van der Waals surface area (Å²) >= 11 is 0. The van der Waals surface area contributed by atoms with Gasteiger partial charge in [-0.15, -0.1) is 0 Å². The van der Waals surface area contributed by atoms with Crippen molar-refractivity contribution >= 4 is 12.0 Å². The number of rotatable bonds is 4. The van der Waals surface area contributed by atoms with Crippen LogP contribution >= 0.6 is 0 Å². The molecule has 0 spiro atoms. The third-order valence-electron chi connectivity index (χ3n) is 2.97. The van der Waals surface area contributed by atoms with Gasteiger partial charge in [0.15, 0.2) is 0 Å². The molecular weight excluding hydrogens is 253 g/mol. The summed E-state index contributed by atoms with van der Waals surface area (Å²) in [5.74, 6) is -1.16. The van der Waals surface area contributed by atoms with E-state index in [-0.39, 0.29) is 0 Å². The Morgan fingerprint density at radius 3 is 1.89 bits per heavy atom. The van der Waals surface area contributed by atoms with Crippen LogP contribution in [-0.2, 0) is 4.79 Å². The summed E-state index contributed by atoms with van der Waals surface area (Å²) in [6, 6.07) is -1.06. The number of halogens is 3. The zero-order valence-electron chi connectivity index (χ0n) is 10.6. The lowest BCUT2D eigenvalue weighted by Gasteiger charge is -2.38. The first-order valence-corrected chi connectivity index (χ1v) is 5.16. The highest BCUT2D eigenvalue weighted by atomic mass is 19.4. The standard InChI is InChI=1S/C10H17F3N2O3/c1-8(2,6(16)17)9(3,4)15-7(18)14-5-10(11,12)13/h5H2,1-4H3,(H,16,17)(H2,14,15,18). The molecule has 0 saturated heterocycles. The number of carboxylic acids is 1. The molecule has 0 heterocycles. The van der Waals surface area contributed by atoms with Crippen LogP contribution in [0.2, 0.25) is 0 Å². The van der Waals surface area contributed by atoms with E-state index >= 15 is 0 Å². The van der Waals surface area contributed by atoms with Gasteiger partial charge in [0.05, 0.1) is 11.0 Å². The maximum Gasteiger partial charge on any atom is 0.405 e. The Morgan fingerprint density at radius 1 is 1.11 bits per heavy atom. The second-order valence-electron chi connectivity index (χ2n) is 4.98. The molecule has 3 N–H and O–H groups in total. The Balaban J connectivity index is 4.60. The summed E-state index contributed by atoms with van der Waals surface area (Å²) < 4.78 is 35.6. The summed E-state index contributed by atoms with van der Waals surface area (Å²) in [6.45, 7) is 4.13. The number of carbonyl (C=O) groups is 2. The van der Waals surface area contributed by atoms with Crippen LogP contribution in [-0.4, -0.2) is 35.4 Å². The molecular formula is C10H17F3N2O3. The molecule has 0 fully saturated rings. The molecule has 0 aliphatic heterocycles. The normalized spacial score (nSPS) is 13.1. The smallest absolute Gasteiger partial charge is 0.405 e. The summed E-state index contributed by atoms with van der Waals surface area (Å²) in [4.78, 5) is 22.3. The maximum atomic E-state index is 11.9. The monoisotopic (exact) mass is 270 g/mol. The molecule has 0 atom stereocenters. The molecule has 106 valence electrons. The van der Waals surface area contributed by atoms with E-state index in [1.165, 1.54) is 27.7 Å². The Kier molecular flexibility index (Phi) is 4.62. The minimum Gasteiger partial charge on any atom is -0.481 e. The summed E-state index contributed by atoms with van der Waals surface area (Å²) in [5.41, 5.74) is -2.54. The highest BCUT2D eigenvalue weighted by molar-refractivity contribution is 5.79. The zero-order chi connectivity index (χ0) is 14.8. The van der Waals surface area contributed by atoms with Crippen molar-refractivity contribution in [1.29, 1.82) is 0 Å². The largest absolute Gasteiger partial charge is 0.481 e. The fourth-order valence-electron chi connectivity index (χ4n) is 0.932. The predicted molar refractivity (Wildman–Crippen MR) is 58.1 cm³/mol. The van der Waals surface area contributed by atoms with E-state index in [1.807, 2.05) is 0 Å². The number of nitrogens with one attached hydrogen (secondary N) is 2. The molecule has 8 heteroatoms. The SMILES string of the molecule is CC(C)(NC(=O)NCC(F)(F)F)C(C)(C)C(=O)O. The number of carbonyl (C=O) groups excluding carboxylic acids is 1. The number of alkyl halides is 3. The number of hydrogen-bond acceptors (Lipinski definition) is 2. The van der Waals surface area contributed by atoms with Crippen LogP contribution in [0.5, 0.6) is 0 Å². The van der Waals surface area contributed by atoms with E-state index in [0.29, 0.717) is 0 Å². The molecule has 0 rings (SSSR count). The quantitative estimate of drug-likeness (QED) is 0.728. The zero-order valence-corrected chi connectivity index (χ0v) is 10.6. The van der Waals surface area contributed by atoms with Crippen molar-refractivity contribution in [3.8, 4) is 0 Å². The molecule has 0 aliphatic carbocycles. The Hall–Kier alpha value is -1.47. The van der Waals surface area contributed by atoms with Gasteiger partial charge in [0.25, 0.3) is 0 Å². The highest BCUT2D eigenvalue weighted by Crippen LogP contribution is 2.30. The minimum absolute atomic E-state index is 1.06. The minimum atomic E-state index is -4.51. The number of urea groups is 1. The van der Waals surface area contributed by atoms with Gasteiger partial charge >= 0.3 is 18.2 Å². The van der Waals surface area contributed by atoms with Crippen LogP contribution in [0.15, 0.2) is 0 Å². The van der Waals surface area contributed by atoms with Crippen LogP contribution in [0.3, 0.4) is 0 Å².